The summed E-state index contributed by atoms with van der Waals surface area (Å²) >= 11 is 3.35. The maximum Gasteiger partial charge on any atom is 0.311 e. The number of nitro benzene ring substituents is 1. The molecule has 2 aromatic carbocycles. The van der Waals surface area contributed by atoms with Crippen molar-refractivity contribution < 1.29 is 9.66 Å². The molecule has 0 unspecified atom stereocenters. The van der Waals surface area contributed by atoms with Gasteiger partial charge in [0, 0.05) is 10.5 Å². The van der Waals surface area contributed by atoms with Gasteiger partial charge in [-0.2, -0.15) is 0 Å². The second-order valence-electron chi connectivity index (χ2n) is 4.14. The van der Waals surface area contributed by atoms with Crippen molar-refractivity contribution in [2.24, 2.45) is 0 Å². The van der Waals surface area contributed by atoms with E-state index in [1.807, 2.05) is 31.2 Å². The average Bonchev–Trinajstić information content (AvgIpc) is 2.39. The molecular formula is C14H12BrNO3. The van der Waals surface area contributed by atoms with Crippen molar-refractivity contribution in [2.75, 3.05) is 0 Å². The molecule has 4 nitrogen and oxygen atoms in total. The minimum absolute atomic E-state index is 0.00267. The van der Waals surface area contributed by atoms with Gasteiger partial charge in [0.1, 0.15) is 6.61 Å². The van der Waals surface area contributed by atoms with Gasteiger partial charge in [0.2, 0.25) is 0 Å². The van der Waals surface area contributed by atoms with E-state index in [9.17, 15) is 10.1 Å². The summed E-state index contributed by atoms with van der Waals surface area (Å²) in [5, 5.41) is 10.9. The molecule has 0 heterocycles. The highest BCUT2D eigenvalue weighted by molar-refractivity contribution is 9.10. The van der Waals surface area contributed by atoms with E-state index in [1.54, 1.807) is 12.1 Å². The minimum atomic E-state index is -0.427. The molecule has 0 bridgehead atoms. The molecule has 0 saturated heterocycles. The predicted octanol–water partition coefficient (Wildman–Crippen LogP) is 4.24. The van der Waals surface area contributed by atoms with Crippen LogP contribution in [0.25, 0.3) is 0 Å². The van der Waals surface area contributed by atoms with Crippen LogP contribution in [-0.2, 0) is 6.61 Å². The molecule has 0 fully saturated rings. The molecule has 0 aliphatic heterocycles. The summed E-state index contributed by atoms with van der Waals surface area (Å²) in [7, 11) is 0. The van der Waals surface area contributed by atoms with Crippen LogP contribution in [0.1, 0.15) is 11.1 Å². The Bertz CT molecular complexity index is 596. The molecule has 19 heavy (non-hydrogen) atoms. The van der Waals surface area contributed by atoms with E-state index in [2.05, 4.69) is 15.9 Å². The first-order chi connectivity index (χ1) is 9.06. The van der Waals surface area contributed by atoms with Gasteiger partial charge < -0.3 is 4.74 Å². The topological polar surface area (TPSA) is 52.4 Å². The molecule has 0 aliphatic rings. The molecule has 0 spiro atoms. The van der Waals surface area contributed by atoms with E-state index >= 15 is 0 Å². The molecule has 0 aliphatic carbocycles. The van der Waals surface area contributed by atoms with Crippen LogP contribution in [0.3, 0.4) is 0 Å². The number of benzene rings is 2. The van der Waals surface area contributed by atoms with Crippen LogP contribution in [0.2, 0.25) is 0 Å². The van der Waals surface area contributed by atoms with Crippen LogP contribution in [-0.4, -0.2) is 4.92 Å². The van der Waals surface area contributed by atoms with E-state index < -0.39 is 4.92 Å². The van der Waals surface area contributed by atoms with Gasteiger partial charge >= 0.3 is 5.69 Å². The number of ether oxygens (including phenoxy) is 1. The fourth-order valence-corrected chi connectivity index (χ4v) is 1.90. The van der Waals surface area contributed by atoms with Crippen LogP contribution < -0.4 is 4.74 Å². The van der Waals surface area contributed by atoms with Crippen molar-refractivity contribution in [2.45, 2.75) is 13.5 Å². The molecule has 0 aromatic heterocycles. The van der Waals surface area contributed by atoms with Crippen molar-refractivity contribution in [1.29, 1.82) is 0 Å². The lowest BCUT2D eigenvalue weighted by molar-refractivity contribution is -0.386. The Labute approximate surface area is 119 Å². The maximum atomic E-state index is 10.9. The zero-order valence-corrected chi connectivity index (χ0v) is 11.9. The summed E-state index contributed by atoms with van der Waals surface area (Å²) in [6.45, 7) is 2.11. The summed E-state index contributed by atoms with van der Waals surface area (Å²) in [5.74, 6) is 0.290. The number of halogens is 1. The molecule has 98 valence electrons. The lowest BCUT2D eigenvalue weighted by Crippen LogP contribution is -1.99. The van der Waals surface area contributed by atoms with Gasteiger partial charge in [-0.1, -0.05) is 34.1 Å². The first-order valence-electron chi connectivity index (χ1n) is 5.68. The molecule has 2 aromatic rings. The molecular weight excluding hydrogens is 310 g/mol. The van der Waals surface area contributed by atoms with Crippen LogP contribution in [0.4, 0.5) is 5.69 Å². The SMILES string of the molecule is Cc1ccc(OCc2ccc(Br)cc2)c([N+](=O)[O-])c1. The fourth-order valence-electron chi connectivity index (χ4n) is 1.63. The second-order valence-corrected chi connectivity index (χ2v) is 5.06. The van der Waals surface area contributed by atoms with E-state index in [1.165, 1.54) is 6.07 Å². The highest BCUT2D eigenvalue weighted by Gasteiger charge is 2.14. The maximum absolute atomic E-state index is 10.9. The third kappa shape index (κ3) is 3.54. The monoisotopic (exact) mass is 321 g/mol. The van der Waals surface area contributed by atoms with Gasteiger partial charge in [0.15, 0.2) is 5.75 Å². The second kappa shape index (κ2) is 5.84. The summed E-state index contributed by atoms with van der Waals surface area (Å²) < 4.78 is 6.51. The molecule has 0 atom stereocenters. The van der Waals surface area contributed by atoms with Gasteiger partial charge in [-0.15, -0.1) is 0 Å². The molecule has 0 radical (unpaired) electrons. The Morgan fingerprint density at radius 2 is 1.89 bits per heavy atom. The summed E-state index contributed by atoms with van der Waals surface area (Å²) in [6.07, 6.45) is 0. The number of hydrogen-bond donors (Lipinski definition) is 0. The Kier molecular flexibility index (Phi) is 4.16. The number of nitrogens with zero attached hydrogens (tertiary/aromatic N) is 1. The van der Waals surface area contributed by atoms with Crippen LogP contribution in [0.15, 0.2) is 46.9 Å². The molecule has 2 rings (SSSR count). The summed E-state index contributed by atoms with van der Waals surface area (Å²) in [4.78, 5) is 10.5. The highest BCUT2D eigenvalue weighted by atomic mass is 79.9. The van der Waals surface area contributed by atoms with Crippen molar-refractivity contribution in [3.05, 3.63) is 68.2 Å². The largest absolute Gasteiger partial charge is 0.482 e. The molecule has 5 heteroatoms. The van der Waals surface area contributed by atoms with Gasteiger partial charge in [0.25, 0.3) is 0 Å². The van der Waals surface area contributed by atoms with E-state index in [0.717, 1.165) is 15.6 Å². The number of hydrogen-bond acceptors (Lipinski definition) is 3. The Balaban J connectivity index is 2.15. The van der Waals surface area contributed by atoms with E-state index in [-0.39, 0.29) is 5.69 Å². The van der Waals surface area contributed by atoms with Gasteiger partial charge in [-0.25, -0.2) is 0 Å². The summed E-state index contributed by atoms with van der Waals surface area (Å²) in [5.41, 5.74) is 1.79. The van der Waals surface area contributed by atoms with Gasteiger partial charge in [0.05, 0.1) is 4.92 Å². The third-order valence-electron chi connectivity index (χ3n) is 2.62. The normalized spacial score (nSPS) is 10.2. The number of aryl methyl sites for hydroxylation is 1. The van der Waals surface area contributed by atoms with Gasteiger partial charge in [-0.3, -0.25) is 10.1 Å². The highest BCUT2D eigenvalue weighted by Crippen LogP contribution is 2.28. The van der Waals surface area contributed by atoms with Crippen molar-refractivity contribution in [1.82, 2.24) is 0 Å². The molecule has 0 amide bonds. The first kappa shape index (κ1) is 13.5. The Morgan fingerprint density at radius 1 is 1.21 bits per heavy atom. The fraction of sp³-hybridized carbons (Fsp3) is 0.143. The Morgan fingerprint density at radius 3 is 2.53 bits per heavy atom. The molecule has 0 saturated carbocycles. The lowest BCUT2D eigenvalue weighted by Gasteiger charge is -2.07. The minimum Gasteiger partial charge on any atom is -0.482 e. The van der Waals surface area contributed by atoms with Crippen LogP contribution in [0.5, 0.6) is 5.75 Å². The smallest absolute Gasteiger partial charge is 0.311 e. The number of rotatable bonds is 4. The quantitative estimate of drug-likeness (QED) is 0.625. The standard InChI is InChI=1S/C14H12BrNO3/c1-10-2-7-14(13(8-10)16(17)18)19-9-11-3-5-12(15)6-4-11/h2-8H,9H2,1H3. The Hall–Kier alpha value is -1.88. The molecule has 0 N–H and O–H groups in total. The van der Waals surface area contributed by atoms with Crippen molar-refractivity contribution in [3.63, 3.8) is 0 Å². The van der Waals surface area contributed by atoms with E-state index in [0.29, 0.717) is 12.4 Å². The zero-order chi connectivity index (χ0) is 13.8. The van der Waals surface area contributed by atoms with Crippen LogP contribution in [0, 0.1) is 17.0 Å². The van der Waals surface area contributed by atoms with Crippen LogP contribution >= 0.6 is 15.9 Å². The third-order valence-corrected chi connectivity index (χ3v) is 3.15. The zero-order valence-electron chi connectivity index (χ0n) is 10.3. The van der Waals surface area contributed by atoms with Crippen molar-refractivity contribution in [3.8, 4) is 5.75 Å². The van der Waals surface area contributed by atoms with Gasteiger partial charge in [-0.05, 0) is 36.2 Å². The summed E-state index contributed by atoms with van der Waals surface area (Å²) in [6, 6.07) is 12.6. The average molecular weight is 322 g/mol. The van der Waals surface area contributed by atoms with Crippen molar-refractivity contribution >= 4 is 21.6 Å². The first-order valence-corrected chi connectivity index (χ1v) is 6.48. The van der Waals surface area contributed by atoms with E-state index in [4.69, 9.17) is 4.74 Å². The predicted molar refractivity (Wildman–Crippen MR) is 76.3 cm³/mol. The number of nitro groups is 1. The lowest BCUT2D eigenvalue weighted by atomic mass is 10.2.